The first-order valence-corrected chi connectivity index (χ1v) is 18.5. The molecule has 0 saturated carbocycles. The number of carbonyl (C=O) groups excluding carboxylic acids is 1. The van der Waals surface area contributed by atoms with Crippen molar-refractivity contribution in [3.8, 4) is 22.9 Å². The lowest BCUT2D eigenvalue weighted by Crippen LogP contribution is -2.48. The van der Waals surface area contributed by atoms with E-state index in [2.05, 4.69) is 26.9 Å². The molecule has 1 aliphatic heterocycles. The quantitative estimate of drug-likeness (QED) is 0.141. The molecule has 5 aromatic rings. The monoisotopic (exact) mass is 712 g/mol. The molecule has 2 aromatic heterocycles. The minimum Gasteiger partial charge on any atom is -0.445 e. The van der Waals surface area contributed by atoms with Crippen LogP contribution in [0.4, 0.5) is 20.8 Å². The van der Waals surface area contributed by atoms with Crippen LogP contribution < -0.4 is 14.8 Å². The normalized spacial score (nSPS) is 16.2. The summed E-state index contributed by atoms with van der Waals surface area (Å²) >= 11 is 0. The second-order valence-corrected chi connectivity index (χ2v) is 15.1. The molecule has 0 bridgehead atoms. The molecule has 51 heavy (non-hydrogen) atoms. The van der Waals surface area contributed by atoms with Gasteiger partial charge in [-0.25, -0.2) is 32.6 Å². The van der Waals surface area contributed by atoms with Crippen LogP contribution in [0.5, 0.6) is 11.6 Å². The van der Waals surface area contributed by atoms with Gasteiger partial charge >= 0.3 is 6.09 Å². The first-order valence-electron chi connectivity index (χ1n) is 16.9. The number of anilines is 2. The van der Waals surface area contributed by atoms with E-state index in [1.807, 2.05) is 43.3 Å². The number of fused-ring (bicyclic) bond motifs is 1. The summed E-state index contributed by atoms with van der Waals surface area (Å²) in [4.78, 5) is 28.4. The third-order valence-electron chi connectivity index (χ3n) is 8.47. The Morgan fingerprint density at radius 3 is 2.55 bits per heavy atom. The van der Waals surface area contributed by atoms with E-state index in [0.717, 1.165) is 17.5 Å². The molecule has 3 heterocycles. The number of ether oxygens (including phenoxy) is 2. The number of aromatic nitrogens is 3. The van der Waals surface area contributed by atoms with E-state index in [1.165, 1.54) is 6.07 Å². The van der Waals surface area contributed by atoms with Crippen molar-refractivity contribution in [2.45, 2.75) is 46.8 Å². The van der Waals surface area contributed by atoms with Crippen LogP contribution in [0.15, 0.2) is 85.2 Å². The lowest BCUT2D eigenvalue weighted by Gasteiger charge is -2.36. The summed E-state index contributed by atoms with van der Waals surface area (Å²) in [5, 5.41) is 4.27. The van der Waals surface area contributed by atoms with Crippen molar-refractivity contribution in [3.63, 3.8) is 0 Å². The zero-order valence-corrected chi connectivity index (χ0v) is 29.8. The van der Waals surface area contributed by atoms with Gasteiger partial charge in [-0.3, -0.25) is 4.72 Å². The second kappa shape index (κ2) is 15.3. The Balaban J connectivity index is 1.22. The summed E-state index contributed by atoms with van der Waals surface area (Å²) in [6.45, 7) is 8.74. The van der Waals surface area contributed by atoms with Crippen LogP contribution in [0.2, 0.25) is 0 Å². The fourth-order valence-electron chi connectivity index (χ4n) is 6.28. The van der Waals surface area contributed by atoms with E-state index >= 15 is 4.39 Å². The molecule has 3 aromatic carbocycles. The number of amides is 1. The second-order valence-electron chi connectivity index (χ2n) is 13.4. The summed E-state index contributed by atoms with van der Waals surface area (Å²) in [5.41, 5.74) is 2.66. The largest absolute Gasteiger partial charge is 0.445 e. The van der Waals surface area contributed by atoms with Crippen molar-refractivity contribution in [2.24, 2.45) is 11.8 Å². The average Bonchev–Trinajstić information content (AvgIpc) is 3.09. The highest BCUT2D eigenvalue weighted by Crippen LogP contribution is 2.40. The van der Waals surface area contributed by atoms with E-state index in [0.29, 0.717) is 46.8 Å². The Bertz CT molecular complexity index is 2130. The molecule has 2 atom stereocenters. The number of rotatable bonds is 11. The van der Waals surface area contributed by atoms with Crippen molar-refractivity contribution in [1.82, 2.24) is 19.9 Å². The van der Waals surface area contributed by atoms with Crippen LogP contribution in [-0.4, -0.2) is 59.2 Å². The predicted molar refractivity (Wildman–Crippen MR) is 196 cm³/mol. The molecule has 0 aliphatic carbocycles. The Morgan fingerprint density at radius 2 is 1.76 bits per heavy atom. The molecule has 1 aliphatic rings. The number of carbonyl (C=O) groups is 1. The molecule has 6 rings (SSSR count). The number of nitrogens with zero attached hydrogens (tertiary/aromatic N) is 4. The topological polar surface area (TPSA) is 136 Å². The van der Waals surface area contributed by atoms with Crippen molar-refractivity contribution in [3.05, 3.63) is 102 Å². The molecule has 11 nitrogen and oxygen atoms in total. The van der Waals surface area contributed by atoms with Crippen molar-refractivity contribution in [2.75, 3.05) is 28.9 Å². The average molecular weight is 713 g/mol. The number of aryl methyl sites for hydroxylation is 1. The number of sulfonamides is 1. The van der Waals surface area contributed by atoms with Gasteiger partial charge < -0.3 is 19.7 Å². The fourth-order valence-corrected chi connectivity index (χ4v) is 7.76. The van der Waals surface area contributed by atoms with Gasteiger partial charge in [0, 0.05) is 42.3 Å². The molecule has 0 spiro atoms. The van der Waals surface area contributed by atoms with Gasteiger partial charge in [0.05, 0.1) is 22.7 Å². The summed E-state index contributed by atoms with van der Waals surface area (Å²) in [6, 6.07) is 21.0. The van der Waals surface area contributed by atoms with E-state index in [9.17, 15) is 13.2 Å². The maximum atomic E-state index is 15.1. The molecular weight excluding hydrogens is 672 g/mol. The highest BCUT2D eigenvalue weighted by Gasteiger charge is 2.29. The van der Waals surface area contributed by atoms with Crippen LogP contribution >= 0.6 is 0 Å². The fraction of sp³-hybridized carbons (Fsp3) is 0.316. The lowest BCUT2D eigenvalue weighted by molar-refractivity contribution is 0.0783. The molecule has 1 amide bonds. The number of benzene rings is 3. The first-order chi connectivity index (χ1) is 24.5. The third kappa shape index (κ3) is 8.72. The number of hydrogen-bond acceptors (Lipinski definition) is 9. The number of pyridine rings is 1. The molecule has 266 valence electrons. The zero-order chi connectivity index (χ0) is 36.1. The predicted octanol–water partition coefficient (Wildman–Crippen LogP) is 7.79. The number of hydrogen-bond donors (Lipinski definition) is 2. The van der Waals surface area contributed by atoms with Gasteiger partial charge in [-0.05, 0) is 66.6 Å². The number of likely N-dealkylation sites (tertiary alicyclic amines) is 1. The van der Waals surface area contributed by atoms with Crippen LogP contribution in [0.3, 0.4) is 0 Å². The van der Waals surface area contributed by atoms with Crippen molar-refractivity contribution >= 4 is 38.5 Å². The zero-order valence-electron chi connectivity index (χ0n) is 29.0. The van der Waals surface area contributed by atoms with Gasteiger partial charge in [-0.1, -0.05) is 63.2 Å². The standard InChI is InChI=1S/C38H41FN6O5S/c1-24(2)23-51(47,48)44-34-29-13-12-26(4)35(30(29)14-15-32(34)39)50-36-31(11-8-17-40-36)33-16-18-41-37(43-33)42-28-19-25(3)20-45(21-28)38(46)49-22-27-9-6-5-7-10-27/h5-18,24-25,28,44H,19-23H2,1-4H3,(H,41,42,43)/t25-,28+/m1/s1. The summed E-state index contributed by atoms with van der Waals surface area (Å²) < 4.78 is 55.1. The number of nitrogens with one attached hydrogen (secondary N) is 2. The molecule has 13 heteroatoms. The molecular formula is C38H41FN6O5S. The molecule has 2 N–H and O–H groups in total. The summed E-state index contributed by atoms with van der Waals surface area (Å²) in [7, 11) is -3.80. The Labute approximate surface area is 297 Å². The molecule has 0 unspecified atom stereocenters. The number of halogens is 1. The molecule has 1 saturated heterocycles. The van der Waals surface area contributed by atoms with E-state index in [-0.39, 0.29) is 47.9 Å². The van der Waals surface area contributed by atoms with Crippen LogP contribution in [0, 0.1) is 24.6 Å². The van der Waals surface area contributed by atoms with E-state index < -0.39 is 15.8 Å². The van der Waals surface area contributed by atoms with Gasteiger partial charge in [-0.2, -0.15) is 0 Å². The summed E-state index contributed by atoms with van der Waals surface area (Å²) in [6.07, 6.45) is 3.69. The SMILES string of the molecule is Cc1ccc2c(NS(=O)(=O)CC(C)C)c(F)ccc2c1Oc1ncccc1-c1ccnc(N[C@H]2C[C@@H](C)CN(C(=O)OCc3ccccc3)C2)n1. The third-order valence-corrected chi connectivity index (χ3v) is 10.1. The van der Waals surface area contributed by atoms with Gasteiger partial charge in [0.2, 0.25) is 21.9 Å². The van der Waals surface area contributed by atoms with Crippen molar-refractivity contribution in [1.29, 1.82) is 0 Å². The van der Waals surface area contributed by atoms with Gasteiger partial charge in [-0.15, -0.1) is 0 Å². The highest BCUT2D eigenvalue weighted by atomic mass is 32.2. The maximum Gasteiger partial charge on any atom is 0.410 e. The van der Waals surface area contributed by atoms with Crippen LogP contribution in [0.1, 0.15) is 38.3 Å². The van der Waals surface area contributed by atoms with Crippen molar-refractivity contribution < 1.29 is 27.1 Å². The van der Waals surface area contributed by atoms with E-state index in [1.54, 1.807) is 61.5 Å². The van der Waals surface area contributed by atoms with Crippen LogP contribution in [0.25, 0.3) is 22.0 Å². The number of piperidine rings is 1. The Kier molecular flexibility index (Phi) is 10.7. The van der Waals surface area contributed by atoms with Gasteiger partial charge in [0.25, 0.3) is 0 Å². The van der Waals surface area contributed by atoms with Gasteiger partial charge in [0.1, 0.15) is 18.2 Å². The molecule has 1 fully saturated rings. The molecule has 0 radical (unpaired) electrons. The minimum atomic E-state index is -3.80. The van der Waals surface area contributed by atoms with E-state index in [4.69, 9.17) is 14.5 Å². The minimum absolute atomic E-state index is 0.108. The Hall–Kier alpha value is -5.30. The Morgan fingerprint density at radius 1 is 0.980 bits per heavy atom. The first kappa shape index (κ1) is 35.5. The maximum absolute atomic E-state index is 15.1. The van der Waals surface area contributed by atoms with Gasteiger partial charge in [0.15, 0.2) is 0 Å². The lowest BCUT2D eigenvalue weighted by atomic mass is 9.96. The van der Waals surface area contributed by atoms with Crippen LogP contribution in [-0.2, 0) is 21.4 Å². The highest BCUT2D eigenvalue weighted by molar-refractivity contribution is 7.92. The summed E-state index contributed by atoms with van der Waals surface area (Å²) in [5.74, 6) is 0.284. The smallest absolute Gasteiger partial charge is 0.410 e.